The van der Waals surface area contributed by atoms with E-state index in [1.165, 1.54) is 6.21 Å². The number of nitrogens with one attached hydrogen (secondary N) is 1. The Morgan fingerprint density at radius 2 is 1.96 bits per heavy atom. The first-order valence-corrected chi connectivity index (χ1v) is 8.08. The van der Waals surface area contributed by atoms with Crippen LogP contribution in [0, 0.1) is 0 Å². The van der Waals surface area contributed by atoms with Crippen LogP contribution in [0.15, 0.2) is 57.2 Å². The van der Waals surface area contributed by atoms with Gasteiger partial charge < -0.3 is 9.72 Å². The monoisotopic (exact) mass is 357 g/mol. The highest BCUT2D eigenvalue weighted by Crippen LogP contribution is 2.22. The highest BCUT2D eigenvalue weighted by atomic mass is 35.5. The van der Waals surface area contributed by atoms with Crippen molar-refractivity contribution in [2.45, 2.75) is 20.0 Å². The second-order valence-corrected chi connectivity index (χ2v) is 6.12. The van der Waals surface area contributed by atoms with Crippen molar-refractivity contribution >= 4 is 28.7 Å². The van der Waals surface area contributed by atoms with Crippen LogP contribution < -0.4 is 16.0 Å². The van der Waals surface area contributed by atoms with E-state index in [0.29, 0.717) is 27.2 Å². The SMILES string of the molecule is CC(C)Oc1ccc(Cl)cc1C=Nn1c(=O)[nH]c2ccccc2c1=O. The van der Waals surface area contributed by atoms with Crippen molar-refractivity contribution in [1.82, 2.24) is 9.66 Å². The largest absolute Gasteiger partial charge is 0.490 e. The van der Waals surface area contributed by atoms with Crippen LogP contribution in [0.5, 0.6) is 5.75 Å². The molecule has 0 spiro atoms. The number of hydrogen-bond donors (Lipinski definition) is 1. The Morgan fingerprint density at radius 1 is 1.20 bits per heavy atom. The highest BCUT2D eigenvalue weighted by Gasteiger charge is 2.08. The van der Waals surface area contributed by atoms with Gasteiger partial charge in [0.1, 0.15) is 5.75 Å². The molecule has 0 bridgehead atoms. The molecule has 0 unspecified atom stereocenters. The molecule has 1 heterocycles. The van der Waals surface area contributed by atoms with Crippen molar-refractivity contribution < 1.29 is 4.74 Å². The van der Waals surface area contributed by atoms with Gasteiger partial charge in [0, 0.05) is 10.6 Å². The van der Waals surface area contributed by atoms with Gasteiger partial charge in [-0.15, -0.1) is 4.68 Å². The number of rotatable bonds is 4. The second kappa shape index (κ2) is 6.94. The third kappa shape index (κ3) is 3.64. The molecule has 1 aromatic heterocycles. The molecule has 6 nitrogen and oxygen atoms in total. The number of ether oxygens (including phenoxy) is 1. The molecule has 0 amide bonds. The summed E-state index contributed by atoms with van der Waals surface area (Å²) in [5.74, 6) is 0.563. The maximum absolute atomic E-state index is 12.5. The predicted molar refractivity (Wildman–Crippen MR) is 99.0 cm³/mol. The lowest BCUT2D eigenvalue weighted by Gasteiger charge is -2.12. The fourth-order valence-electron chi connectivity index (χ4n) is 2.36. The van der Waals surface area contributed by atoms with E-state index < -0.39 is 11.2 Å². The summed E-state index contributed by atoms with van der Waals surface area (Å²) in [7, 11) is 0. The average Bonchev–Trinajstić information content (AvgIpc) is 2.56. The van der Waals surface area contributed by atoms with Crippen LogP contribution in [0.1, 0.15) is 19.4 Å². The van der Waals surface area contributed by atoms with Crippen molar-refractivity contribution in [2.75, 3.05) is 0 Å². The molecular weight excluding hydrogens is 342 g/mol. The Morgan fingerprint density at radius 3 is 2.72 bits per heavy atom. The molecule has 0 fully saturated rings. The quantitative estimate of drug-likeness (QED) is 0.729. The molecule has 25 heavy (non-hydrogen) atoms. The van der Waals surface area contributed by atoms with Gasteiger partial charge >= 0.3 is 5.69 Å². The van der Waals surface area contributed by atoms with Gasteiger partial charge in [0.25, 0.3) is 5.56 Å². The number of aromatic nitrogens is 2. The number of aromatic amines is 1. The van der Waals surface area contributed by atoms with Gasteiger partial charge in [0.15, 0.2) is 0 Å². The molecule has 1 N–H and O–H groups in total. The van der Waals surface area contributed by atoms with Crippen LogP contribution in [-0.2, 0) is 0 Å². The topological polar surface area (TPSA) is 76.5 Å². The fourth-order valence-corrected chi connectivity index (χ4v) is 2.54. The normalized spacial score (nSPS) is 11.5. The third-order valence-electron chi connectivity index (χ3n) is 3.43. The number of H-pyrrole nitrogens is 1. The Kier molecular flexibility index (Phi) is 4.72. The Labute approximate surface area is 148 Å². The molecule has 0 aliphatic rings. The maximum atomic E-state index is 12.5. The van der Waals surface area contributed by atoms with Crippen LogP contribution >= 0.6 is 11.6 Å². The Hall–Kier alpha value is -2.86. The second-order valence-electron chi connectivity index (χ2n) is 5.69. The number of nitrogens with zero attached hydrogens (tertiary/aromatic N) is 2. The van der Waals surface area contributed by atoms with Crippen LogP contribution in [0.4, 0.5) is 0 Å². The zero-order chi connectivity index (χ0) is 18.0. The molecular formula is C18H16ClN3O3. The summed E-state index contributed by atoms with van der Waals surface area (Å²) in [6.07, 6.45) is 1.34. The van der Waals surface area contributed by atoms with Crippen LogP contribution in [0.3, 0.4) is 0 Å². The molecule has 0 aliphatic carbocycles. The first-order valence-electron chi connectivity index (χ1n) is 7.70. The Balaban J connectivity index is 2.09. The number of fused-ring (bicyclic) bond motifs is 1. The summed E-state index contributed by atoms with van der Waals surface area (Å²) >= 11 is 6.02. The van der Waals surface area contributed by atoms with Crippen molar-refractivity contribution in [2.24, 2.45) is 5.10 Å². The van der Waals surface area contributed by atoms with Gasteiger partial charge in [-0.25, -0.2) is 4.79 Å². The van der Waals surface area contributed by atoms with Crippen LogP contribution in [-0.4, -0.2) is 22.0 Å². The minimum absolute atomic E-state index is 0.0416. The summed E-state index contributed by atoms with van der Waals surface area (Å²) in [5.41, 5.74) is -0.0755. The van der Waals surface area contributed by atoms with Gasteiger partial charge in [-0.3, -0.25) is 4.79 Å². The van der Waals surface area contributed by atoms with Crippen LogP contribution in [0.25, 0.3) is 10.9 Å². The smallest absolute Gasteiger partial charge is 0.349 e. The first-order chi connectivity index (χ1) is 12.0. The van der Waals surface area contributed by atoms with E-state index in [1.807, 2.05) is 13.8 Å². The molecule has 0 saturated heterocycles. The summed E-state index contributed by atoms with van der Waals surface area (Å²) < 4.78 is 6.48. The minimum Gasteiger partial charge on any atom is -0.490 e. The van der Waals surface area contributed by atoms with E-state index in [0.717, 1.165) is 4.68 Å². The third-order valence-corrected chi connectivity index (χ3v) is 3.67. The molecule has 0 saturated carbocycles. The molecule has 0 radical (unpaired) electrons. The summed E-state index contributed by atoms with van der Waals surface area (Å²) in [4.78, 5) is 27.2. The van der Waals surface area contributed by atoms with E-state index in [4.69, 9.17) is 16.3 Å². The standard InChI is InChI=1S/C18H16ClN3O3/c1-11(2)25-16-8-7-13(19)9-12(16)10-20-22-17(23)14-5-3-4-6-15(14)21-18(22)24/h3-11H,1-2H3,(H,21,24). The van der Waals surface area contributed by atoms with E-state index in [1.54, 1.807) is 42.5 Å². The lowest BCUT2D eigenvalue weighted by Crippen LogP contribution is -2.32. The van der Waals surface area contributed by atoms with Crippen molar-refractivity contribution in [3.8, 4) is 5.75 Å². The van der Waals surface area contributed by atoms with E-state index >= 15 is 0 Å². The van der Waals surface area contributed by atoms with Crippen molar-refractivity contribution in [3.05, 3.63) is 73.9 Å². The predicted octanol–water partition coefficient (Wildman–Crippen LogP) is 3.01. The molecule has 128 valence electrons. The lowest BCUT2D eigenvalue weighted by atomic mass is 10.2. The van der Waals surface area contributed by atoms with E-state index in [9.17, 15) is 9.59 Å². The van der Waals surface area contributed by atoms with Crippen molar-refractivity contribution in [1.29, 1.82) is 0 Å². The molecule has 2 aromatic carbocycles. The van der Waals surface area contributed by atoms with Gasteiger partial charge in [-0.1, -0.05) is 23.7 Å². The summed E-state index contributed by atoms with van der Waals surface area (Å²) in [6.45, 7) is 3.79. The first kappa shape index (κ1) is 17.0. The fraction of sp³-hybridized carbons (Fsp3) is 0.167. The maximum Gasteiger partial charge on any atom is 0.349 e. The number of halogens is 1. The molecule has 7 heteroatoms. The number of hydrogen-bond acceptors (Lipinski definition) is 4. The van der Waals surface area contributed by atoms with Gasteiger partial charge in [-0.2, -0.15) is 5.10 Å². The average molecular weight is 358 g/mol. The van der Waals surface area contributed by atoms with Crippen LogP contribution in [0.2, 0.25) is 5.02 Å². The summed E-state index contributed by atoms with van der Waals surface area (Å²) in [5, 5.41) is 4.91. The van der Waals surface area contributed by atoms with Gasteiger partial charge in [0.05, 0.1) is 23.2 Å². The van der Waals surface area contributed by atoms with E-state index in [2.05, 4.69) is 10.1 Å². The zero-order valence-electron chi connectivity index (χ0n) is 13.7. The van der Waals surface area contributed by atoms with Crippen molar-refractivity contribution in [3.63, 3.8) is 0 Å². The molecule has 3 rings (SSSR count). The lowest BCUT2D eigenvalue weighted by molar-refractivity contribution is 0.242. The molecule has 0 atom stereocenters. The van der Waals surface area contributed by atoms with Gasteiger partial charge in [-0.05, 0) is 44.2 Å². The zero-order valence-corrected chi connectivity index (χ0v) is 14.4. The minimum atomic E-state index is -0.617. The van der Waals surface area contributed by atoms with Gasteiger partial charge in [0.2, 0.25) is 0 Å². The number of para-hydroxylation sites is 1. The summed E-state index contributed by atoms with van der Waals surface area (Å²) in [6, 6.07) is 11.8. The van der Waals surface area contributed by atoms with E-state index in [-0.39, 0.29) is 6.10 Å². The molecule has 3 aromatic rings. The Bertz CT molecular complexity index is 1070. The number of benzene rings is 2. The molecule has 0 aliphatic heterocycles. The highest BCUT2D eigenvalue weighted by molar-refractivity contribution is 6.30.